The second kappa shape index (κ2) is 8.85. The van der Waals surface area contributed by atoms with Gasteiger partial charge in [0.25, 0.3) is 5.91 Å². The zero-order chi connectivity index (χ0) is 22.0. The Morgan fingerprint density at radius 3 is 2.52 bits per heavy atom. The van der Waals surface area contributed by atoms with Crippen LogP contribution >= 0.6 is 15.9 Å². The molecule has 1 aromatic heterocycles. The van der Waals surface area contributed by atoms with Crippen molar-refractivity contribution in [3.8, 4) is 11.1 Å². The Bertz CT molecular complexity index is 1150. The monoisotopic (exact) mass is 479 g/mol. The molecule has 0 bridgehead atoms. The van der Waals surface area contributed by atoms with Crippen LogP contribution in [0.4, 0.5) is 5.82 Å². The van der Waals surface area contributed by atoms with E-state index in [1.165, 1.54) is 5.01 Å². The quantitative estimate of drug-likeness (QED) is 0.592. The van der Waals surface area contributed by atoms with Crippen LogP contribution in [0, 0.1) is 6.92 Å². The highest BCUT2D eigenvalue weighted by Crippen LogP contribution is 2.32. The van der Waals surface area contributed by atoms with Crippen molar-refractivity contribution in [1.82, 2.24) is 14.8 Å². The lowest BCUT2D eigenvalue weighted by molar-refractivity contribution is -0.132. The minimum atomic E-state index is -0.327. The van der Waals surface area contributed by atoms with Crippen LogP contribution in [-0.4, -0.2) is 32.3 Å². The minimum absolute atomic E-state index is 0.0904. The first-order valence-electron chi connectivity index (χ1n) is 9.95. The Kier molecular flexibility index (Phi) is 5.99. The fraction of sp³-hybridized carbons (Fsp3) is 0.217. The van der Waals surface area contributed by atoms with E-state index in [1.54, 1.807) is 11.7 Å². The maximum Gasteiger partial charge on any atom is 0.273 e. The van der Waals surface area contributed by atoms with Crippen molar-refractivity contribution in [2.75, 3.05) is 5.32 Å². The number of carbonyl (C=O) groups is 2. The van der Waals surface area contributed by atoms with Gasteiger partial charge in [0.1, 0.15) is 11.5 Å². The van der Waals surface area contributed by atoms with Crippen LogP contribution in [0.5, 0.6) is 0 Å². The van der Waals surface area contributed by atoms with Crippen LogP contribution in [0.1, 0.15) is 24.1 Å². The molecule has 4 rings (SSSR count). The van der Waals surface area contributed by atoms with Crippen LogP contribution in [0.2, 0.25) is 0 Å². The molecule has 1 aliphatic heterocycles. The third kappa shape index (κ3) is 4.59. The van der Waals surface area contributed by atoms with Crippen molar-refractivity contribution < 1.29 is 9.59 Å². The molecule has 0 radical (unpaired) electrons. The second-order valence-corrected chi connectivity index (χ2v) is 8.29. The van der Waals surface area contributed by atoms with Crippen LogP contribution < -0.4 is 5.32 Å². The molecule has 1 N–H and O–H groups in total. The van der Waals surface area contributed by atoms with Gasteiger partial charge in [-0.25, -0.2) is 5.01 Å². The average Bonchev–Trinajstić information content (AvgIpc) is 3.04. The van der Waals surface area contributed by atoms with Crippen LogP contribution in [0.15, 0.2) is 64.2 Å². The first-order chi connectivity index (χ1) is 14.9. The van der Waals surface area contributed by atoms with Gasteiger partial charge in [0.05, 0.1) is 12.2 Å². The fourth-order valence-corrected chi connectivity index (χ4v) is 3.85. The number of aromatic nitrogens is 2. The predicted molar refractivity (Wildman–Crippen MR) is 123 cm³/mol. The van der Waals surface area contributed by atoms with Crippen molar-refractivity contribution in [2.45, 2.75) is 26.3 Å². The Morgan fingerprint density at radius 1 is 1.10 bits per heavy atom. The molecule has 8 heteroatoms. The highest BCUT2D eigenvalue weighted by molar-refractivity contribution is 9.10. The first-order valence-corrected chi connectivity index (χ1v) is 10.7. The third-order valence-electron chi connectivity index (χ3n) is 5.13. The SMILES string of the molecule is Cc1nn(C)c(NC(=O)C2=NN(Cc3ccccc3)C(=O)CC2)c1-c1ccc(Br)cc1. The second-order valence-electron chi connectivity index (χ2n) is 7.38. The molecule has 0 spiro atoms. The summed E-state index contributed by atoms with van der Waals surface area (Å²) in [5, 5.41) is 13.2. The Labute approximate surface area is 188 Å². The summed E-state index contributed by atoms with van der Waals surface area (Å²) in [7, 11) is 1.79. The van der Waals surface area contributed by atoms with Gasteiger partial charge in [-0.15, -0.1) is 0 Å². The van der Waals surface area contributed by atoms with Crippen LogP contribution in [0.25, 0.3) is 11.1 Å². The number of carbonyl (C=O) groups excluding carboxylic acids is 2. The molecule has 0 fully saturated rings. The lowest BCUT2D eigenvalue weighted by Gasteiger charge is -2.23. The van der Waals surface area contributed by atoms with E-state index in [4.69, 9.17) is 0 Å². The maximum atomic E-state index is 13.0. The lowest BCUT2D eigenvalue weighted by atomic mass is 10.1. The topological polar surface area (TPSA) is 79.6 Å². The summed E-state index contributed by atoms with van der Waals surface area (Å²) in [5.41, 5.74) is 3.91. The van der Waals surface area contributed by atoms with Gasteiger partial charge in [-0.3, -0.25) is 14.3 Å². The van der Waals surface area contributed by atoms with Gasteiger partial charge in [-0.1, -0.05) is 58.4 Å². The molecular weight excluding hydrogens is 458 g/mol. The lowest BCUT2D eigenvalue weighted by Crippen LogP contribution is -2.36. The van der Waals surface area contributed by atoms with E-state index in [9.17, 15) is 9.59 Å². The Morgan fingerprint density at radius 2 is 1.81 bits per heavy atom. The average molecular weight is 480 g/mol. The smallest absolute Gasteiger partial charge is 0.273 e. The summed E-state index contributed by atoms with van der Waals surface area (Å²) in [5.74, 6) is 0.179. The van der Waals surface area contributed by atoms with E-state index < -0.39 is 0 Å². The van der Waals surface area contributed by atoms with Crippen molar-refractivity contribution in [3.05, 3.63) is 70.3 Å². The zero-order valence-electron chi connectivity index (χ0n) is 17.3. The number of halogens is 1. The molecule has 0 aliphatic carbocycles. The number of nitrogens with zero attached hydrogens (tertiary/aromatic N) is 4. The molecule has 158 valence electrons. The number of nitrogens with one attached hydrogen (secondary N) is 1. The predicted octanol–water partition coefficient (Wildman–Crippen LogP) is 4.28. The molecule has 3 aromatic rings. The van der Waals surface area contributed by atoms with E-state index >= 15 is 0 Å². The standard InChI is InChI=1S/C23H22BrN5O2/c1-15-21(17-8-10-18(24)11-9-17)22(28(2)26-15)25-23(31)19-12-13-20(30)29(27-19)14-16-6-4-3-5-7-16/h3-11H,12-14H2,1-2H3,(H,25,31). The summed E-state index contributed by atoms with van der Waals surface area (Å²) >= 11 is 3.45. The molecule has 0 saturated heterocycles. The molecule has 2 amide bonds. The van der Waals surface area contributed by atoms with E-state index in [2.05, 4.69) is 31.4 Å². The van der Waals surface area contributed by atoms with Crippen LogP contribution in [-0.2, 0) is 23.2 Å². The van der Waals surface area contributed by atoms with Gasteiger partial charge in [0, 0.05) is 29.9 Å². The van der Waals surface area contributed by atoms with Gasteiger partial charge in [-0.2, -0.15) is 10.2 Å². The van der Waals surface area contributed by atoms with Gasteiger partial charge in [-0.05, 0) is 30.2 Å². The molecule has 1 aliphatic rings. The van der Waals surface area contributed by atoms with E-state index in [0.29, 0.717) is 24.5 Å². The summed E-state index contributed by atoms with van der Waals surface area (Å²) in [6.45, 7) is 2.25. The molecule has 0 saturated carbocycles. The normalized spacial score (nSPS) is 13.8. The Balaban J connectivity index is 1.59. The molecule has 31 heavy (non-hydrogen) atoms. The molecule has 7 nitrogen and oxygen atoms in total. The van der Waals surface area contributed by atoms with Crippen molar-refractivity contribution in [1.29, 1.82) is 0 Å². The summed E-state index contributed by atoms with van der Waals surface area (Å²) < 4.78 is 2.63. The van der Waals surface area contributed by atoms with Gasteiger partial charge in [0.2, 0.25) is 5.91 Å². The molecule has 0 atom stereocenters. The number of rotatable bonds is 5. The first kappa shape index (κ1) is 21.0. The largest absolute Gasteiger partial charge is 0.305 e. The number of aryl methyl sites for hydroxylation is 2. The third-order valence-corrected chi connectivity index (χ3v) is 5.66. The van der Waals surface area contributed by atoms with Crippen LogP contribution in [0.3, 0.4) is 0 Å². The maximum absolute atomic E-state index is 13.0. The number of hydrazone groups is 1. The minimum Gasteiger partial charge on any atom is -0.305 e. The summed E-state index contributed by atoms with van der Waals surface area (Å²) in [6.07, 6.45) is 0.559. The number of hydrogen-bond acceptors (Lipinski definition) is 4. The highest BCUT2D eigenvalue weighted by Gasteiger charge is 2.26. The van der Waals surface area contributed by atoms with Crippen molar-refractivity contribution in [2.24, 2.45) is 12.1 Å². The van der Waals surface area contributed by atoms with Gasteiger partial charge >= 0.3 is 0 Å². The van der Waals surface area contributed by atoms with E-state index in [-0.39, 0.29) is 18.2 Å². The van der Waals surface area contributed by atoms with E-state index in [0.717, 1.165) is 26.9 Å². The summed E-state index contributed by atoms with van der Waals surface area (Å²) in [6, 6.07) is 17.5. The number of benzene rings is 2. The van der Waals surface area contributed by atoms with Gasteiger partial charge in [0.15, 0.2) is 0 Å². The van der Waals surface area contributed by atoms with Gasteiger partial charge < -0.3 is 5.32 Å². The molecule has 2 aromatic carbocycles. The van der Waals surface area contributed by atoms with E-state index in [1.807, 2.05) is 61.5 Å². The highest BCUT2D eigenvalue weighted by atomic mass is 79.9. The molecule has 2 heterocycles. The molecular formula is C23H22BrN5O2. The zero-order valence-corrected chi connectivity index (χ0v) is 18.9. The van der Waals surface area contributed by atoms with Crippen molar-refractivity contribution >= 4 is 39.3 Å². The fourth-order valence-electron chi connectivity index (χ4n) is 3.59. The van der Waals surface area contributed by atoms with Crippen molar-refractivity contribution in [3.63, 3.8) is 0 Å². The number of amides is 2. The summed E-state index contributed by atoms with van der Waals surface area (Å²) in [4.78, 5) is 25.4. The Hall–Kier alpha value is -3.26. The number of anilines is 1. The number of hydrogen-bond donors (Lipinski definition) is 1. The molecule has 0 unspecified atom stereocenters.